The summed E-state index contributed by atoms with van der Waals surface area (Å²) in [6, 6.07) is 9.47. The lowest BCUT2D eigenvalue weighted by atomic mass is 9.87. The Kier molecular flexibility index (Phi) is 8.69. The van der Waals surface area contributed by atoms with Gasteiger partial charge >= 0.3 is 6.09 Å². The van der Waals surface area contributed by atoms with Gasteiger partial charge in [0.1, 0.15) is 12.1 Å². The van der Waals surface area contributed by atoms with Crippen LogP contribution in [0.3, 0.4) is 0 Å². The smallest absolute Gasteiger partial charge is 0.407 e. The average molecular weight is 521 g/mol. The molecule has 1 aliphatic carbocycles. The highest BCUT2D eigenvalue weighted by Gasteiger charge is 2.41. The van der Waals surface area contributed by atoms with E-state index in [1.165, 1.54) is 9.80 Å². The Bertz CT molecular complexity index is 1110. The predicted octanol–water partition coefficient (Wildman–Crippen LogP) is 5.43. The quantitative estimate of drug-likeness (QED) is 0.528. The number of nitrogens with one attached hydrogen (secondary N) is 1. The number of amides is 3. The van der Waals surface area contributed by atoms with Crippen molar-refractivity contribution < 1.29 is 19.5 Å². The number of benzene rings is 1. The van der Waals surface area contributed by atoms with E-state index in [9.17, 15) is 19.5 Å². The standard InChI is InChI=1S/C30H40N4O4/c1-30(2,3)22-14-16-24(17-15-22)34(28(36)25-13-7-8-19-33(25)29(37)38)26(21-10-9-18-31-20-21)27(35)32-23-11-5-4-6-12-23/h9-10,14-18,20,23,25-26H,4-8,11-13,19H2,1-3H3,(H,32,35)(H,37,38)/t25-,26?/m1/s1. The molecule has 2 fully saturated rings. The molecule has 3 amide bonds. The van der Waals surface area contributed by atoms with E-state index in [2.05, 4.69) is 31.1 Å². The summed E-state index contributed by atoms with van der Waals surface area (Å²) in [5, 5.41) is 13.1. The van der Waals surface area contributed by atoms with Crippen molar-refractivity contribution in [1.29, 1.82) is 0 Å². The first-order chi connectivity index (χ1) is 18.2. The molecule has 2 aliphatic rings. The van der Waals surface area contributed by atoms with Crippen LogP contribution in [0.25, 0.3) is 0 Å². The van der Waals surface area contributed by atoms with Gasteiger partial charge in [0.25, 0.3) is 5.91 Å². The molecule has 2 N–H and O–H groups in total. The van der Waals surface area contributed by atoms with E-state index in [4.69, 9.17) is 0 Å². The molecule has 0 radical (unpaired) electrons. The Morgan fingerprint density at radius 3 is 2.29 bits per heavy atom. The van der Waals surface area contributed by atoms with Crippen LogP contribution in [0.1, 0.15) is 89.3 Å². The maximum absolute atomic E-state index is 14.3. The number of hydrogen-bond acceptors (Lipinski definition) is 4. The highest BCUT2D eigenvalue weighted by molar-refractivity contribution is 6.04. The average Bonchev–Trinajstić information content (AvgIpc) is 2.92. The third kappa shape index (κ3) is 6.34. The van der Waals surface area contributed by atoms with E-state index in [1.807, 2.05) is 24.3 Å². The molecule has 1 unspecified atom stereocenters. The van der Waals surface area contributed by atoms with Crippen LogP contribution in [0.4, 0.5) is 10.5 Å². The van der Waals surface area contributed by atoms with E-state index in [-0.39, 0.29) is 23.3 Å². The van der Waals surface area contributed by atoms with Gasteiger partial charge in [-0.05, 0) is 61.3 Å². The molecule has 1 saturated carbocycles. The number of carbonyl (C=O) groups is 3. The van der Waals surface area contributed by atoms with Crippen molar-refractivity contribution in [2.75, 3.05) is 11.4 Å². The van der Waals surface area contributed by atoms with Gasteiger partial charge in [0.2, 0.25) is 5.91 Å². The molecule has 4 rings (SSSR count). The highest BCUT2D eigenvalue weighted by Crippen LogP contribution is 2.33. The van der Waals surface area contributed by atoms with Crippen molar-refractivity contribution in [2.24, 2.45) is 0 Å². The zero-order valence-electron chi connectivity index (χ0n) is 22.7. The second-order valence-electron chi connectivity index (χ2n) is 11.5. The maximum Gasteiger partial charge on any atom is 0.407 e. The van der Waals surface area contributed by atoms with Gasteiger partial charge in [-0.25, -0.2) is 4.79 Å². The first-order valence-corrected chi connectivity index (χ1v) is 13.8. The number of aromatic nitrogens is 1. The molecule has 2 aromatic rings. The van der Waals surface area contributed by atoms with E-state index >= 15 is 0 Å². The number of piperidine rings is 1. The molecule has 1 aliphatic heterocycles. The van der Waals surface area contributed by atoms with Crippen molar-refractivity contribution in [3.05, 3.63) is 59.9 Å². The topological polar surface area (TPSA) is 103 Å². The monoisotopic (exact) mass is 520 g/mol. The Morgan fingerprint density at radius 1 is 1.00 bits per heavy atom. The van der Waals surface area contributed by atoms with Gasteiger partial charge in [-0.3, -0.25) is 24.4 Å². The fraction of sp³-hybridized carbons (Fsp3) is 0.533. The summed E-state index contributed by atoms with van der Waals surface area (Å²) in [5.74, 6) is -0.654. The number of anilines is 1. The minimum Gasteiger partial charge on any atom is -0.465 e. The Morgan fingerprint density at radius 2 is 1.68 bits per heavy atom. The molecule has 1 aromatic heterocycles. The molecule has 0 bridgehead atoms. The second kappa shape index (κ2) is 12.0. The molecular formula is C30H40N4O4. The lowest BCUT2D eigenvalue weighted by Gasteiger charge is -2.39. The fourth-order valence-electron chi connectivity index (χ4n) is 5.59. The summed E-state index contributed by atoms with van der Waals surface area (Å²) in [5.41, 5.74) is 2.17. The van der Waals surface area contributed by atoms with Gasteiger partial charge < -0.3 is 10.4 Å². The van der Waals surface area contributed by atoms with Crippen LogP contribution in [0.15, 0.2) is 48.8 Å². The van der Waals surface area contributed by atoms with Gasteiger partial charge in [0.05, 0.1) is 0 Å². The first kappa shape index (κ1) is 27.6. The van der Waals surface area contributed by atoms with Crippen LogP contribution >= 0.6 is 0 Å². The third-order valence-corrected chi connectivity index (χ3v) is 7.74. The molecule has 8 nitrogen and oxygen atoms in total. The van der Waals surface area contributed by atoms with Crippen LogP contribution in [-0.2, 0) is 15.0 Å². The van der Waals surface area contributed by atoms with Crippen molar-refractivity contribution in [3.8, 4) is 0 Å². The van der Waals surface area contributed by atoms with Crippen molar-refractivity contribution in [1.82, 2.24) is 15.2 Å². The van der Waals surface area contributed by atoms with Crippen molar-refractivity contribution in [3.63, 3.8) is 0 Å². The summed E-state index contributed by atoms with van der Waals surface area (Å²) in [7, 11) is 0. The minimum absolute atomic E-state index is 0.0563. The summed E-state index contributed by atoms with van der Waals surface area (Å²) in [4.78, 5) is 47.4. The van der Waals surface area contributed by atoms with Gasteiger partial charge in [-0.2, -0.15) is 0 Å². The number of carboxylic acid groups (broad SMARTS) is 1. The number of nitrogens with zero attached hydrogens (tertiary/aromatic N) is 3. The van der Waals surface area contributed by atoms with Crippen LogP contribution in [0.5, 0.6) is 0 Å². The number of pyridine rings is 1. The number of hydrogen-bond donors (Lipinski definition) is 2. The Labute approximate surface area is 225 Å². The molecule has 1 aromatic carbocycles. The van der Waals surface area contributed by atoms with Gasteiger partial charge in [-0.1, -0.05) is 58.2 Å². The summed E-state index contributed by atoms with van der Waals surface area (Å²) >= 11 is 0. The molecule has 8 heteroatoms. The molecular weight excluding hydrogens is 480 g/mol. The number of rotatable bonds is 6. The SMILES string of the molecule is CC(C)(C)c1ccc(N(C(=O)[C@H]2CCCCN2C(=O)O)C(C(=O)NC2CCCCC2)c2cccnc2)cc1. The zero-order valence-corrected chi connectivity index (χ0v) is 22.7. The van der Waals surface area contributed by atoms with Gasteiger partial charge in [0, 0.05) is 36.2 Å². The van der Waals surface area contributed by atoms with E-state index in [1.54, 1.807) is 24.5 Å². The van der Waals surface area contributed by atoms with Gasteiger partial charge in [0.15, 0.2) is 0 Å². The molecule has 2 atom stereocenters. The Balaban J connectivity index is 1.79. The number of carbonyl (C=O) groups excluding carboxylic acids is 2. The highest BCUT2D eigenvalue weighted by atomic mass is 16.4. The summed E-state index contributed by atoms with van der Waals surface area (Å²) in [6.45, 7) is 6.66. The summed E-state index contributed by atoms with van der Waals surface area (Å²) < 4.78 is 0. The minimum atomic E-state index is -1.12. The second-order valence-corrected chi connectivity index (χ2v) is 11.5. The maximum atomic E-state index is 14.3. The summed E-state index contributed by atoms with van der Waals surface area (Å²) in [6.07, 6.45) is 9.14. The first-order valence-electron chi connectivity index (χ1n) is 13.8. The third-order valence-electron chi connectivity index (χ3n) is 7.74. The zero-order chi connectivity index (χ0) is 27.3. The van der Waals surface area contributed by atoms with E-state index in [0.717, 1.165) is 44.1 Å². The Hall–Kier alpha value is -3.42. The normalized spacial score (nSPS) is 19.4. The van der Waals surface area contributed by atoms with Crippen molar-refractivity contribution in [2.45, 2.75) is 95.7 Å². The van der Waals surface area contributed by atoms with Gasteiger partial charge in [-0.15, -0.1) is 0 Å². The number of likely N-dealkylation sites (tertiary alicyclic amines) is 1. The van der Waals surface area contributed by atoms with E-state index < -0.39 is 18.2 Å². The molecule has 2 heterocycles. The predicted molar refractivity (Wildman–Crippen MR) is 147 cm³/mol. The molecule has 204 valence electrons. The molecule has 1 saturated heterocycles. The molecule has 0 spiro atoms. The fourth-order valence-corrected chi connectivity index (χ4v) is 5.59. The van der Waals surface area contributed by atoms with Crippen molar-refractivity contribution >= 4 is 23.6 Å². The van der Waals surface area contributed by atoms with Crippen LogP contribution in [-0.4, -0.2) is 51.5 Å². The van der Waals surface area contributed by atoms with E-state index in [0.29, 0.717) is 30.6 Å². The van der Waals surface area contributed by atoms with Crippen LogP contribution in [0.2, 0.25) is 0 Å². The lowest BCUT2D eigenvalue weighted by Crippen LogP contribution is -2.56. The largest absolute Gasteiger partial charge is 0.465 e. The van der Waals surface area contributed by atoms with Crippen LogP contribution < -0.4 is 10.2 Å². The van der Waals surface area contributed by atoms with Crippen LogP contribution in [0, 0.1) is 0 Å². The molecule has 38 heavy (non-hydrogen) atoms. The lowest BCUT2D eigenvalue weighted by molar-refractivity contribution is -0.129.